The number of H-pyrrole nitrogens is 1. The number of furan rings is 1. The molecule has 1 amide bonds. The molecule has 7 nitrogen and oxygen atoms in total. The van der Waals surface area contributed by atoms with Crippen LogP contribution in [-0.4, -0.2) is 38.6 Å². The fourth-order valence-corrected chi connectivity index (χ4v) is 3.72. The average Bonchev–Trinajstić information content (AvgIpc) is 3.37. The second kappa shape index (κ2) is 7.72. The van der Waals surface area contributed by atoms with E-state index in [-0.39, 0.29) is 24.1 Å². The molecule has 0 aliphatic carbocycles. The van der Waals surface area contributed by atoms with Crippen LogP contribution in [0.15, 0.2) is 53.1 Å². The predicted molar refractivity (Wildman–Crippen MR) is 101 cm³/mol. The summed E-state index contributed by atoms with van der Waals surface area (Å²) in [6, 6.07) is 13.7. The topological polar surface area (TPSA) is 99.4 Å². The van der Waals surface area contributed by atoms with Gasteiger partial charge in [0.25, 0.3) is 0 Å². The molecule has 1 unspecified atom stereocenters. The highest BCUT2D eigenvalue weighted by molar-refractivity contribution is 5.88. The van der Waals surface area contributed by atoms with Crippen molar-refractivity contribution in [2.45, 2.75) is 31.7 Å². The number of carbonyl (C=O) groups excluding carboxylic acids is 1. The van der Waals surface area contributed by atoms with Gasteiger partial charge in [0, 0.05) is 43.1 Å². The van der Waals surface area contributed by atoms with E-state index >= 15 is 0 Å². The second-order valence-electron chi connectivity index (χ2n) is 7.01. The first-order valence-electron chi connectivity index (χ1n) is 9.26. The number of aromatic carboxylic acids is 1. The molecule has 2 N–H and O–H groups in total. The Labute approximate surface area is 162 Å². The van der Waals surface area contributed by atoms with Gasteiger partial charge in [0.2, 0.25) is 5.91 Å². The van der Waals surface area contributed by atoms with Crippen molar-refractivity contribution in [2.24, 2.45) is 0 Å². The molecule has 3 aromatic rings. The normalized spacial score (nSPS) is 14.5. The Bertz CT molecular complexity index is 963. The Morgan fingerprint density at radius 3 is 2.75 bits per heavy atom. The van der Waals surface area contributed by atoms with E-state index in [1.165, 1.54) is 0 Å². The number of aromatic nitrogens is 2. The van der Waals surface area contributed by atoms with Crippen molar-refractivity contribution < 1.29 is 19.1 Å². The smallest absolute Gasteiger partial charge is 0.356 e. The molecule has 144 valence electrons. The van der Waals surface area contributed by atoms with Gasteiger partial charge >= 0.3 is 5.97 Å². The number of hydrogen-bond donors (Lipinski definition) is 2. The van der Waals surface area contributed by atoms with E-state index in [1.54, 1.807) is 11.2 Å². The maximum Gasteiger partial charge on any atom is 0.356 e. The van der Waals surface area contributed by atoms with Gasteiger partial charge in [-0.1, -0.05) is 30.3 Å². The standard InChI is InChI=1S/C21H21N3O4/c25-19(24-9-8-17-16(13-24)20(21(26)27)23-22-17)12-15(18-7-4-10-28-18)11-14-5-2-1-3-6-14/h1-7,10,15H,8-9,11-13H2,(H,22,23)(H,26,27). The van der Waals surface area contributed by atoms with Crippen molar-refractivity contribution in [3.05, 3.63) is 77.0 Å². The van der Waals surface area contributed by atoms with Crippen LogP contribution in [0.4, 0.5) is 0 Å². The van der Waals surface area contributed by atoms with Gasteiger partial charge in [0.05, 0.1) is 6.26 Å². The molecule has 0 saturated heterocycles. The Kier molecular flexibility index (Phi) is 4.97. The van der Waals surface area contributed by atoms with Crippen LogP contribution in [0.2, 0.25) is 0 Å². The third-order valence-corrected chi connectivity index (χ3v) is 5.18. The Morgan fingerprint density at radius 2 is 2.04 bits per heavy atom. The molecule has 7 heteroatoms. The maximum atomic E-state index is 13.0. The predicted octanol–water partition coefficient (Wildman–Crippen LogP) is 3.00. The van der Waals surface area contributed by atoms with Gasteiger partial charge < -0.3 is 14.4 Å². The first-order chi connectivity index (χ1) is 13.6. The summed E-state index contributed by atoms with van der Waals surface area (Å²) < 4.78 is 5.59. The number of fused-ring (bicyclic) bond motifs is 1. The highest BCUT2D eigenvalue weighted by Crippen LogP contribution is 2.28. The molecule has 0 spiro atoms. The lowest BCUT2D eigenvalue weighted by molar-refractivity contribution is -0.132. The van der Waals surface area contributed by atoms with E-state index < -0.39 is 5.97 Å². The van der Waals surface area contributed by atoms with Crippen LogP contribution in [0, 0.1) is 0 Å². The maximum absolute atomic E-state index is 13.0. The molecule has 1 aromatic carbocycles. The lowest BCUT2D eigenvalue weighted by Crippen LogP contribution is -2.37. The van der Waals surface area contributed by atoms with Gasteiger partial charge in [-0.2, -0.15) is 5.10 Å². The van der Waals surface area contributed by atoms with Gasteiger partial charge in [-0.05, 0) is 24.1 Å². The zero-order chi connectivity index (χ0) is 19.5. The quantitative estimate of drug-likeness (QED) is 0.686. The molecule has 2 aromatic heterocycles. The number of nitrogens with zero attached hydrogens (tertiary/aromatic N) is 2. The minimum Gasteiger partial charge on any atom is -0.476 e. The molecule has 4 rings (SSSR count). The zero-order valence-corrected chi connectivity index (χ0v) is 15.3. The molecular formula is C21H21N3O4. The summed E-state index contributed by atoms with van der Waals surface area (Å²) in [6.07, 6.45) is 3.20. The van der Waals surface area contributed by atoms with Crippen LogP contribution in [0.5, 0.6) is 0 Å². The Morgan fingerprint density at radius 1 is 1.21 bits per heavy atom. The summed E-state index contributed by atoms with van der Waals surface area (Å²) in [4.78, 5) is 26.1. The SMILES string of the molecule is O=C(O)c1n[nH]c2c1CN(C(=O)CC(Cc1ccccc1)c1ccco1)CC2. The molecule has 1 aliphatic rings. The zero-order valence-electron chi connectivity index (χ0n) is 15.3. The van der Waals surface area contributed by atoms with Gasteiger partial charge in [-0.25, -0.2) is 4.79 Å². The van der Waals surface area contributed by atoms with E-state index in [2.05, 4.69) is 10.2 Å². The molecule has 28 heavy (non-hydrogen) atoms. The second-order valence-corrected chi connectivity index (χ2v) is 7.01. The summed E-state index contributed by atoms with van der Waals surface area (Å²) >= 11 is 0. The van der Waals surface area contributed by atoms with Crippen LogP contribution in [0.3, 0.4) is 0 Å². The number of hydrogen-bond acceptors (Lipinski definition) is 4. The number of rotatable bonds is 6. The number of nitrogens with one attached hydrogen (secondary N) is 1. The third kappa shape index (κ3) is 3.69. The lowest BCUT2D eigenvalue weighted by atomic mass is 9.92. The first-order valence-corrected chi connectivity index (χ1v) is 9.26. The monoisotopic (exact) mass is 379 g/mol. The fourth-order valence-electron chi connectivity index (χ4n) is 3.72. The van der Waals surface area contributed by atoms with Crippen molar-refractivity contribution in [1.82, 2.24) is 15.1 Å². The lowest BCUT2D eigenvalue weighted by Gasteiger charge is -2.28. The molecule has 1 aliphatic heterocycles. The van der Waals surface area contributed by atoms with Crippen molar-refractivity contribution >= 4 is 11.9 Å². The Hall–Kier alpha value is -3.35. The first kappa shape index (κ1) is 18.0. The van der Waals surface area contributed by atoms with Crippen LogP contribution in [0.25, 0.3) is 0 Å². The van der Waals surface area contributed by atoms with Gasteiger partial charge in [-0.3, -0.25) is 9.89 Å². The van der Waals surface area contributed by atoms with Crippen molar-refractivity contribution in [1.29, 1.82) is 0 Å². The number of carboxylic acids is 1. The number of carbonyl (C=O) groups is 2. The molecule has 0 saturated carbocycles. The highest BCUT2D eigenvalue weighted by Gasteiger charge is 2.29. The van der Waals surface area contributed by atoms with Crippen molar-refractivity contribution in [2.75, 3.05) is 6.54 Å². The summed E-state index contributed by atoms with van der Waals surface area (Å²) in [5, 5.41) is 15.9. The van der Waals surface area contributed by atoms with E-state index in [0.717, 1.165) is 17.0 Å². The van der Waals surface area contributed by atoms with Gasteiger partial charge in [0.15, 0.2) is 5.69 Å². The summed E-state index contributed by atoms with van der Waals surface area (Å²) in [5.41, 5.74) is 2.54. The van der Waals surface area contributed by atoms with Gasteiger partial charge in [0.1, 0.15) is 5.76 Å². The van der Waals surface area contributed by atoms with E-state index in [0.29, 0.717) is 31.4 Å². The number of aromatic amines is 1. The average molecular weight is 379 g/mol. The van der Waals surface area contributed by atoms with Crippen LogP contribution in [0.1, 0.15) is 45.4 Å². The van der Waals surface area contributed by atoms with E-state index in [1.807, 2.05) is 42.5 Å². The minimum atomic E-state index is -1.08. The molecule has 0 bridgehead atoms. The van der Waals surface area contributed by atoms with Crippen LogP contribution < -0.4 is 0 Å². The van der Waals surface area contributed by atoms with Crippen LogP contribution >= 0.6 is 0 Å². The number of carboxylic acid groups (broad SMARTS) is 1. The molecule has 0 radical (unpaired) electrons. The molecular weight excluding hydrogens is 358 g/mol. The minimum absolute atomic E-state index is 0.000583. The van der Waals surface area contributed by atoms with Gasteiger partial charge in [-0.15, -0.1) is 0 Å². The van der Waals surface area contributed by atoms with Crippen LogP contribution in [-0.2, 0) is 24.2 Å². The highest BCUT2D eigenvalue weighted by atomic mass is 16.4. The molecule has 1 atom stereocenters. The Balaban J connectivity index is 1.50. The van der Waals surface area contributed by atoms with E-state index in [9.17, 15) is 14.7 Å². The van der Waals surface area contributed by atoms with E-state index in [4.69, 9.17) is 4.42 Å². The third-order valence-electron chi connectivity index (χ3n) is 5.18. The fraction of sp³-hybridized carbons (Fsp3) is 0.286. The summed E-state index contributed by atoms with van der Waals surface area (Å²) in [6.45, 7) is 0.811. The van der Waals surface area contributed by atoms with Crippen molar-refractivity contribution in [3.63, 3.8) is 0 Å². The number of amides is 1. The van der Waals surface area contributed by atoms with Crippen molar-refractivity contribution in [3.8, 4) is 0 Å². The number of benzene rings is 1. The largest absolute Gasteiger partial charge is 0.476 e. The summed E-state index contributed by atoms with van der Waals surface area (Å²) in [7, 11) is 0. The summed E-state index contributed by atoms with van der Waals surface area (Å²) in [5.74, 6) is -0.385. The molecule has 3 heterocycles. The molecule has 0 fully saturated rings.